The summed E-state index contributed by atoms with van der Waals surface area (Å²) in [4.78, 5) is 61.9. The van der Waals surface area contributed by atoms with Crippen LogP contribution in [0.3, 0.4) is 0 Å². The van der Waals surface area contributed by atoms with Crippen LogP contribution in [-0.4, -0.2) is 118 Å². The zero-order valence-electron chi connectivity index (χ0n) is 33.6. The minimum Gasteiger partial charge on any atom is -0.455 e. The van der Waals surface area contributed by atoms with Gasteiger partial charge >= 0.3 is 12.1 Å². The second-order valence-corrected chi connectivity index (χ2v) is 16.0. The number of nitrogens with zero attached hydrogens (tertiary/aromatic N) is 2. The summed E-state index contributed by atoms with van der Waals surface area (Å²) in [6, 6.07) is 2.58. The number of hydrogen-bond acceptors (Lipinski definition) is 12. The number of halogens is 1. The molecule has 2 N–H and O–H groups in total. The van der Waals surface area contributed by atoms with E-state index in [0.717, 1.165) is 25.3 Å². The molecule has 0 saturated carbocycles. The molecule has 4 rings (SSSR count). The van der Waals surface area contributed by atoms with Crippen LogP contribution >= 0.6 is 0 Å². The van der Waals surface area contributed by atoms with Crippen molar-refractivity contribution in [3.05, 3.63) is 30.1 Å². The Labute approximate surface area is 319 Å². The number of aromatic nitrogens is 1. The number of amides is 1. The van der Waals surface area contributed by atoms with Gasteiger partial charge in [-0.15, -0.1) is 0 Å². The number of aliphatic hydroxyl groups is 1. The minimum atomic E-state index is -3.16. The van der Waals surface area contributed by atoms with Gasteiger partial charge in [0.05, 0.1) is 23.9 Å². The monoisotopic (exact) mass is 763 g/mol. The summed E-state index contributed by atoms with van der Waals surface area (Å²) in [5.41, 5.74) is -5.05. The summed E-state index contributed by atoms with van der Waals surface area (Å²) in [5.74, 6) is -5.69. The van der Waals surface area contributed by atoms with Crippen LogP contribution in [0.2, 0.25) is 0 Å². The van der Waals surface area contributed by atoms with E-state index in [4.69, 9.17) is 23.7 Å². The Balaban J connectivity index is 1.74. The van der Waals surface area contributed by atoms with Crippen molar-refractivity contribution in [1.29, 1.82) is 0 Å². The topological polar surface area (TPSA) is 163 Å². The number of hydrogen-bond donors (Lipinski definition) is 2. The molecule has 3 aliphatic rings. The fourth-order valence-electron chi connectivity index (χ4n) is 8.85. The molecule has 1 amide bonds. The second-order valence-electron chi connectivity index (χ2n) is 16.0. The molecular formula is C40H62FN3O10. The minimum absolute atomic E-state index is 0.0127. The summed E-state index contributed by atoms with van der Waals surface area (Å²) in [5, 5.41) is 14.6. The molecule has 0 aromatic carbocycles. The number of ether oxygens (including phenoxy) is 5. The molecule has 4 heterocycles. The van der Waals surface area contributed by atoms with Gasteiger partial charge < -0.3 is 39.0 Å². The number of carbonyl (C=O) groups is 4. The van der Waals surface area contributed by atoms with Gasteiger partial charge in [-0.2, -0.15) is 0 Å². The number of likely N-dealkylation sites (N-methyl/N-ethyl adjacent to an activating group) is 1. The van der Waals surface area contributed by atoms with E-state index in [0.29, 0.717) is 19.4 Å². The van der Waals surface area contributed by atoms with Crippen LogP contribution in [-0.2, 0) is 44.5 Å². The number of pyridine rings is 1. The van der Waals surface area contributed by atoms with Crippen LogP contribution in [0.5, 0.6) is 0 Å². The summed E-state index contributed by atoms with van der Waals surface area (Å²) in [7, 11) is 1.41. The van der Waals surface area contributed by atoms with Crippen LogP contribution in [0.15, 0.2) is 24.5 Å². The number of alkyl halides is 1. The quantitative estimate of drug-likeness (QED) is 0.181. The fourth-order valence-corrected chi connectivity index (χ4v) is 8.85. The van der Waals surface area contributed by atoms with E-state index in [-0.39, 0.29) is 37.3 Å². The Morgan fingerprint density at radius 3 is 2.31 bits per heavy atom. The van der Waals surface area contributed by atoms with Gasteiger partial charge in [0.15, 0.2) is 17.7 Å². The summed E-state index contributed by atoms with van der Waals surface area (Å²) < 4.78 is 47.2. The highest BCUT2D eigenvalue weighted by Crippen LogP contribution is 2.43. The number of esters is 1. The number of rotatable bonds is 11. The molecule has 3 saturated heterocycles. The van der Waals surface area contributed by atoms with E-state index >= 15 is 4.39 Å². The normalized spacial score (nSPS) is 39.8. The average Bonchev–Trinajstić information content (AvgIpc) is 3.40. The lowest BCUT2D eigenvalue weighted by molar-refractivity contribution is -0.290. The predicted molar refractivity (Wildman–Crippen MR) is 197 cm³/mol. The third-order valence-corrected chi connectivity index (χ3v) is 11.9. The molecule has 54 heavy (non-hydrogen) atoms. The Kier molecular flexibility index (Phi) is 14.4. The molecule has 304 valence electrons. The predicted octanol–water partition coefficient (Wildman–Crippen LogP) is 4.75. The highest BCUT2D eigenvalue weighted by Gasteiger charge is 2.61. The van der Waals surface area contributed by atoms with Crippen molar-refractivity contribution in [2.24, 2.45) is 17.8 Å². The summed E-state index contributed by atoms with van der Waals surface area (Å²) in [6.45, 7) is 15.3. The molecular weight excluding hydrogens is 701 g/mol. The summed E-state index contributed by atoms with van der Waals surface area (Å²) >= 11 is 0. The first-order valence-corrected chi connectivity index (χ1v) is 19.5. The lowest BCUT2D eigenvalue weighted by atomic mass is 9.73. The number of ketones is 2. The molecule has 14 heteroatoms. The smallest absolute Gasteiger partial charge is 0.410 e. The Morgan fingerprint density at radius 2 is 1.70 bits per heavy atom. The van der Waals surface area contributed by atoms with Gasteiger partial charge in [0.1, 0.15) is 18.0 Å². The van der Waals surface area contributed by atoms with Gasteiger partial charge in [-0.05, 0) is 90.5 Å². The first kappa shape index (κ1) is 43.7. The van der Waals surface area contributed by atoms with Crippen molar-refractivity contribution in [2.75, 3.05) is 20.2 Å². The third kappa shape index (κ3) is 8.98. The largest absolute Gasteiger partial charge is 0.455 e. The fraction of sp³-hybridized carbons (Fsp3) is 0.775. The van der Waals surface area contributed by atoms with Crippen LogP contribution in [0, 0.1) is 17.8 Å². The molecule has 0 bridgehead atoms. The van der Waals surface area contributed by atoms with Crippen molar-refractivity contribution in [3.8, 4) is 0 Å². The average molecular weight is 764 g/mol. The number of methoxy groups -OCH3 is 1. The maximum atomic E-state index is 16.8. The van der Waals surface area contributed by atoms with Crippen molar-refractivity contribution in [2.45, 2.75) is 160 Å². The first-order chi connectivity index (χ1) is 25.4. The van der Waals surface area contributed by atoms with Gasteiger partial charge in [0, 0.05) is 49.8 Å². The highest BCUT2D eigenvalue weighted by molar-refractivity contribution is 6.08. The molecule has 3 aliphatic heterocycles. The Bertz CT molecular complexity index is 1470. The molecule has 0 radical (unpaired) electrons. The number of carbonyl (C=O) groups excluding carboxylic acids is 4. The van der Waals surface area contributed by atoms with Crippen molar-refractivity contribution >= 4 is 23.6 Å². The maximum absolute atomic E-state index is 16.8. The number of unbranched alkanes of at least 4 members (excludes halogenated alkanes) is 1. The zero-order valence-corrected chi connectivity index (χ0v) is 33.6. The van der Waals surface area contributed by atoms with Gasteiger partial charge in [0.2, 0.25) is 0 Å². The molecule has 13 atom stereocenters. The van der Waals surface area contributed by atoms with Crippen molar-refractivity contribution in [1.82, 2.24) is 15.2 Å². The first-order valence-electron chi connectivity index (χ1n) is 19.5. The van der Waals surface area contributed by atoms with Gasteiger partial charge in [-0.1, -0.05) is 34.6 Å². The van der Waals surface area contributed by atoms with E-state index in [1.54, 1.807) is 47.0 Å². The lowest BCUT2D eigenvalue weighted by Crippen LogP contribution is -2.62. The summed E-state index contributed by atoms with van der Waals surface area (Å²) in [6.07, 6.45) is 0.264. The standard InChI is InChI=1S/C40H62FN3O10/c1-11-29-40(9)32(44(37(49)54-40)20-14-13-15-27-16-18-42-19-17-27)25(5)30(45)23(3)22-38(7,50-10)34(26(6)33(47)39(8,41)36(48)52-29)53-35-31(46)28(43-12-2)21-24(4)51-35/h16-19,23-26,28-29,31-32,34-35,43,46H,11-15,20-22H2,1-10H3/t23-,24-,25+,26+,28+,29-,31+,32?,34-,35+,38-,39+,40-/m1/s1. The van der Waals surface area contributed by atoms with E-state index in [2.05, 4.69) is 10.3 Å². The SMILES string of the molecule is CCN[C@H]1C[C@@H](C)O[C@@H](O[C@@H]2[C@@H](C)C(=O)[C@](C)(F)C(=O)O[C@H](CC)[C@@]3(C)OC(=O)N(CCCCc4ccncc4)C3[C@@H](C)C(=O)[C@H](C)C[C@@]2(C)OC)[C@H]1O. The molecule has 1 aromatic rings. The number of Topliss-reactive ketones (excluding diaryl/α,β-unsaturated/α-hetero) is 2. The van der Waals surface area contributed by atoms with E-state index in [1.807, 2.05) is 26.0 Å². The van der Waals surface area contributed by atoms with Crippen LogP contribution in [0.1, 0.15) is 100.0 Å². The molecule has 13 nitrogen and oxygen atoms in total. The maximum Gasteiger partial charge on any atom is 0.410 e. The van der Waals surface area contributed by atoms with E-state index in [9.17, 15) is 24.3 Å². The second kappa shape index (κ2) is 17.8. The molecule has 0 aliphatic carbocycles. The third-order valence-electron chi connectivity index (χ3n) is 11.9. The number of aliphatic hydroxyl groups excluding tert-OH is 1. The molecule has 0 spiro atoms. The van der Waals surface area contributed by atoms with Crippen LogP contribution < -0.4 is 5.32 Å². The van der Waals surface area contributed by atoms with Crippen LogP contribution in [0.4, 0.5) is 9.18 Å². The molecule has 1 unspecified atom stereocenters. The van der Waals surface area contributed by atoms with Gasteiger partial charge in [0.25, 0.3) is 5.67 Å². The Morgan fingerprint density at radius 1 is 1.04 bits per heavy atom. The van der Waals surface area contributed by atoms with Gasteiger partial charge in [-0.3, -0.25) is 14.6 Å². The van der Waals surface area contributed by atoms with Crippen LogP contribution in [0.25, 0.3) is 0 Å². The number of nitrogens with one attached hydrogen (secondary N) is 1. The zero-order chi connectivity index (χ0) is 40.2. The van der Waals surface area contributed by atoms with E-state index in [1.165, 1.54) is 18.9 Å². The van der Waals surface area contributed by atoms with Crippen molar-refractivity contribution in [3.63, 3.8) is 0 Å². The molecule has 3 fully saturated rings. The molecule has 1 aromatic heterocycles. The number of aryl methyl sites for hydroxylation is 1. The Hall–Kier alpha value is -3.04. The number of cyclic esters (lactones) is 1. The number of fused-ring (bicyclic) bond motifs is 1. The van der Waals surface area contributed by atoms with Crippen molar-refractivity contribution < 1.29 is 52.4 Å². The van der Waals surface area contributed by atoms with Gasteiger partial charge in [-0.25, -0.2) is 14.0 Å². The lowest BCUT2D eigenvalue weighted by Gasteiger charge is -2.46. The highest BCUT2D eigenvalue weighted by atomic mass is 19.1. The van der Waals surface area contributed by atoms with E-state index < -0.39 is 83.1 Å².